The van der Waals surface area contributed by atoms with Crippen LogP contribution in [0.5, 0.6) is 0 Å². The summed E-state index contributed by atoms with van der Waals surface area (Å²) in [7, 11) is 1.63. The van der Waals surface area contributed by atoms with Gasteiger partial charge in [0.25, 0.3) is 5.91 Å². The van der Waals surface area contributed by atoms with Gasteiger partial charge in [0, 0.05) is 32.1 Å². The fourth-order valence-electron chi connectivity index (χ4n) is 1.99. The van der Waals surface area contributed by atoms with Crippen molar-refractivity contribution in [2.75, 3.05) is 25.6 Å². The molecule has 0 spiro atoms. The normalized spacial score (nSPS) is 9.91. The summed E-state index contributed by atoms with van der Waals surface area (Å²) in [6, 6.07) is 10.9. The lowest BCUT2D eigenvalue weighted by Gasteiger charge is -2.09. The minimum Gasteiger partial charge on any atom is -0.385 e. The Labute approximate surface area is 135 Å². The second kappa shape index (κ2) is 8.51. The third kappa shape index (κ3) is 5.09. The van der Waals surface area contributed by atoms with Gasteiger partial charge in [-0.2, -0.15) is 5.26 Å². The van der Waals surface area contributed by atoms with E-state index in [-0.39, 0.29) is 5.91 Å². The molecule has 1 heterocycles. The van der Waals surface area contributed by atoms with E-state index in [4.69, 9.17) is 10.00 Å². The molecule has 0 saturated heterocycles. The first kappa shape index (κ1) is 16.5. The lowest BCUT2D eigenvalue weighted by atomic mass is 10.2. The van der Waals surface area contributed by atoms with E-state index in [1.54, 1.807) is 37.6 Å². The van der Waals surface area contributed by atoms with Crippen molar-refractivity contribution in [2.45, 2.75) is 6.42 Å². The summed E-state index contributed by atoms with van der Waals surface area (Å²) >= 11 is 0. The van der Waals surface area contributed by atoms with Crippen molar-refractivity contribution in [3.63, 3.8) is 0 Å². The molecule has 1 amide bonds. The molecule has 2 N–H and O–H groups in total. The standard InChI is InChI=1S/C17H18N4O2/c1-23-7-3-6-20-17(22)14-9-16(12-19-11-14)21-15-5-2-4-13(8-15)10-18/h2,4-5,8-9,11-12,21H,3,6-7H2,1H3,(H,20,22). The van der Waals surface area contributed by atoms with Gasteiger partial charge in [-0.25, -0.2) is 0 Å². The molecule has 0 atom stereocenters. The van der Waals surface area contributed by atoms with Gasteiger partial charge in [-0.3, -0.25) is 9.78 Å². The average Bonchev–Trinajstić information content (AvgIpc) is 2.59. The summed E-state index contributed by atoms with van der Waals surface area (Å²) in [5, 5.41) is 14.9. The molecule has 6 nitrogen and oxygen atoms in total. The van der Waals surface area contributed by atoms with Gasteiger partial charge in [-0.05, 0) is 30.7 Å². The lowest BCUT2D eigenvalue weighted by Crippen LogP contribution is -2.25. The van der Waals surface area contributed by atoms with Crippen LogP contribution in [0.1, 0.15) is 22.3 Å². The molecule has 0 fully saturated rings. The number of amides is 1. The minimum absolute atomic E-state index is 0.178. The molecule has 23 heavy (non-hydrogen) atoms. The Morgan fingerprint density at radius 1 is 1.30 bits per heavy atom. The maximum absolute atomic E-state index is 12.1. The van der Waals surface area contributed by atoms with Crippen LogP contribution in [-0.2, 0) is 4.74 Å². The first-order chi connectivity index (χ1) is 11.2. The van der Waals surface area contributed by atoms with Gasteiger partial charge in [0.15, 0.2) is 0 Å². The number of anilines is 2. The zero-order chi connectivity index (χ0) is 16.5. The molecule has 6 heteroatoms. The number of methoxy groups -OCH3 is 1. The largest absolute Gasteiger partial charge is 0.385 e. The van der Waals surface area contributed by atoms with Gasteiger partial charge in [-0.15, -0.1) is 0 Å². The van der Waals surface area contributed by atoms with Gasteiger partial charge in [0.2, 0.25) is 0 Å². The number of hydrogen-bond acceptors (Lipinski definition) is 5. The number of nitrogens with one attached hydrogen (secondary N) is 2. The first-order valence-corrected chi connectivity index (χ1v) is 7.22. The lowest BCUT2D eigenvalue weighted by molar-refractivity contribution is 0.0948. The number of ether oxygens (including phenoxy) is 1. The number of nitriles is 1. The fourth-order valence-corrected chi connectivity index (χ4v) is 1.99. The summed E-state index contributed by atoms with van der Waals surface area (Å²) in [4.78, 5) is 16.1. The Morgan fingerprint density at radius 2 is 2.17 bits per heavy atom. The Hall–Kier alpha value is -2.91. The first-order valence-electron chi connectivity index (χ1n) is 7.22. The van der Waals surface area contributed by atoms with Crippen LogP contribution in [0.15, 0.2) is 42.7 Å². The highest BCUT2D eigenvalue weighted by molar-refractivity contribution is 5.94. The second-order valence-electron chi connectivity index (χ2n) is 4.88. The quantitative estimate of drug-likeness (QED) is 0.767. The Kier molecular flexibility index (Phi) is 6.09. The van der Waals surface area contributed by atoms with Gasteiger partial charge >= 0.3 is 0 Å². The molecule has 0 aliphatic heterocycles. The van der Waals surface area contributed by atoms with E-state index in [9.17, 15) is 4.79 Å². The van der Waals surface area contributed by atoms with Gasteiger partial charge in [-0.1, -0.05) is 6.07 Å². The van der Waals surface area contributed by atoms with Crippen LogP contribution < -0.4 is 10.6 Å². The summed E-state index contributed by atoms with van der Waals surface area (Å²) < 4.78 is 4.94. The average molecular weight is 310 g/mol. The molecule has 1 aromatic carbocycles. The van der Waals surface area contributed by atoms with Crippen LogP contribution in [0, 0.1) is 11.3 Å². The van der Waals surface area contributed by atoms with E-state index < -0.39 is 0 Å². The summed E-state index contributed by atoms with van der Waals surface area (Å²) in [5.41, 5.74) is 2.49. The molecule has 0 aliphatic rings. The summed E-state index contributed by atoms with van der Waals surface area (Å²) in [5.74, 6) is -0.178. The second-order valence-corrected chi connectivity index (χ2v) is 4.88. The third-order valence-electron chi connectivity index (χ3n) is 3.09. The van der Waals surface area contributed by atoms with Gasteiger partial charge in [0.05, 0.1) is 29.1 Å². The molecule has 0 radical (unpaired) electrons. The molecule has 0 aliphatic carbocycles. The number of nitrogens with zero attached hydrogens (tertiary/aromatic N) is 2. The zero-order valence-corrected chi connectivity index (χ0v) is 12.9. The van der Waals surface area contributed by atoms with Crippen LogP contribution in [-0.4, -0.2) is 31.2 Å². The van der Waals surface area contributed by atoms with Crippen molar-refractivity contribution in [1.29, 1.82) is 5.26 Å². The smallest absolute Gasteiger partial charge is 0.252 e. The fraction of sp³-hybridized carbons (Fsp3) is 0.235. The topological polar surface area (TPSA) is 87.0 Å². The van der Waals surface area contributed by atoms with Crippen LogP contribution in [0.3, 0.4) is 0 Å². The Balaban J connectivity index is 2.01. The summed E-state index contributed by atoms with van der Waals surface area (Å²) in [6.07, 6.45) is 3.90. The van der Waals surface area contributed by atoms with Crippen LogP contribution in [0.2, 0.25) is 0 Å². The monoisotopic (exact) mass is 310 g/mol. The Bertz CT molecular complexity index is 710. The van der Waals surface area contributed by atoms with E-state index in [1.165, 1.54) is 6.20 Å². The van der Waals surface area contributed by atoms with Crippen molar-refractivity contribution in [3.8, 4) is 6.07 Å². The van der Waals surface area contributed by atoms with Crippen LogP contribution in [0.25, 0.3) is 0 Å². The number of rotatable bonds is 7. The van der Waals surface area contributed by atoms with E-state index in [1.807, 2.05) is 6.07 Å². The highest BCUT2D eigenvalue weighted by Crippen LogP contribution is 2.17. The van der Waals surface area contributed by atoms with Crippen molar-refractivity contribution < 1.29 is 9.53 Å². The van der Waals surface area contributed by atoms with Crippen molar-refractivity contribution in [1.82, 2.24) is 10.3 Å². The Morgan fingerprint density at radius 3 is 2.96 bits per heavy atom. The maximum atomic E-state index is 12.1. The third-order valence-corrected chi connectivity index (χ3v) is 3.09. The van der Waals surface area contributed by atoms with Crippen molar-refractivity contribution in [3.05, 3.63) is 53.9 Å². The predicted molar refractivity (Wildman–Crippen MR) is 87.5 cm³/mol. The van der Waals surface area contributed by atoms with E-state index in [0.29, 0.717) is 30.0 Å². The summed E-state index contributed by atoms with van der Waals surface area (Å²) in [6.45, 7) is 1.16. The molecule has 0 unspecified atom stereocenters. The van der Waals surface area contributed by atoms with Gasteiger partial charge < -0.3 is 15.4 Å². The highest BCUT2D eigenvalue weighted by Gasteiger charge is 2.06. The predicted octanol–water partition coefficient (Wildman–Crippen LogP) is 2.46. The molecule has 0 saturated carbocycles. The molecular weight excluding hydrogens is 292 g/mol. The highest BCUT2D eigenvalue weighted by atomic mass is 16.5. The van der Waals surface area contributed by atoms with E-state index in [0.717, 1.165) is 12.1 Å². The number of hydrogen-bond donors (Lipinski definition) is 2. The number of benzene rings is 1. The molecule has 118 valence electrons. The molecule has 2 aromatic rings. The number of carbonyl (C=O) groups is 1. The number of pyridine rings is 1. The number of carbonyl (C=O) groups excluding carboxylic acids is 1. The molecular formula is C17H18N4O2. The molecule has 1 aromatic heterocycles. The number of aromatic nitrogens is 1. The molecule has 0 bridgehead atoms. The maximum Gasteiger partial charge on any atom is 0.252 e. The van der Waals surface area contributed by atoms with Crippen molar-refractivity contribution in [2.24, 2.45) is 0 Å². The van der Waals surface area contributed by atoms with E-state index >= 15 is 0 Å². The van der Waals surface area contributed by atoms with Crippen molar-refractivity contribution >= 4 is 17.3 Å². The van der Waals surface area contributed by atoms with Crippen LogP contribution in [0.4, 0.5) is 11.4 Å². The minimum atomic E-state index is -0.178. The van der Waals surface area contributed by atoms with E-state index in [2.05, 4.69) is 21.7 Å². The van der Waals surface area contributed by atoms with Gasteiger partial charge in [0.1, 0.15) is 0 Å². The van der Waals surface area contributed by atoms with Crippen LogP contribution >= 0.6 is 0 Å². The SMILES string of the molecule is COCCCNC(=O)c1cncc(Nc2cccc(C#N)c2)c1. The zero-order valence-electron chi connectivity index (χ0n) is 12.9. The molecule has 2 rings (SSSR count).